The fourth-order valence-electron chi connectivity index (χ4n) is 1.10. The molecule has 0 N–H and O–H groups in total. The van der Waals surface area contributed by atoms with Crippen molar-refractivity contribution in [2.45, 2.75) is 19.8 Å². The van der Waals surface area contributed by atoms with Crippen LogP contribution in [0.2, 0.25) is 0 Å². The largest absolute Gasteiger partial charge is 0.481 e. The van der Waals surface area contributed by atoms with Gasteiger partial charge in [-0.1, -0.05) is 29.3 Å². The number of benzene rings is 1. The number of halogens is 2. The first-order chi connectivity index (χ1) is 8.13. The molecular weight excluding hydrogens is 352 g/mol. The normalized spacial score (nSPS) is 10.1. The summed E-state index contributed by atoms with van der Waals surface area (Å²) in [5.41, 5.74) is 0. The monoisotopic (exact) mass is 364 g/mol. The van der Waals surface area contributed by atoms with Crippen LogP contribution in [0.25, 0.3) is 0 Å². The van der Waals surface area contributed by atoms with Gasteiger partial charge in [0.25, 0.3) is 0 Å². The van der Waals surface area contributed by atoms with Crippen LogP contribution in [-0.4, -0.2) is 19.2 Å². The lowest BCUT2D eigenvalue weighted by Crippen LogP contribution is -2.15. The summed E-state index contributed by atoms with van der Waals surface area (Å²) in [4.78, 5) is 11.3. The van der Waals surface area contributed by atoms with E-state index in [1.54, 1.807) is 6.07 Å². The van der Waals surface area contributed by atoms with Crippen LogP contribution >= 0.6 is 31.9 Å². The molecule has 3 nitrogen and oxygen atoms in total. The standard InChI is InChI=1S/C12H14Br2O3/c1-2-3-6-16-12(15)8-17-11-5-4-9(13)7-10(11)14/h4-5,7H,2-3,6,8H2,1H3. The van der Waals surface area contributed by atoms with Crippen molar-refractivity contribution in [1.82, 2.24) is 0 Å². The number of ether oxygens (including phenoxy) is 2. The van der Waals surface area contributed by atoms with E-state index in [0.717, 1.165) is 21.8 Å². The maximum absolute atomic E-state index is 11.3. The summed E-state index contributed by atoms with van der Waals surface area (Å²) in [6.07, 6.45) is 1.89. The molecule has 1 rings (SSSR count). The Morgan fingerprint density at radius 2 is 2.12 bits per heavy atom. The van der Waals surface area contributed by atoms with E-state index in [2.05, 4.69) is 31.9 Å². The lowest BCUT2D eigenvalue weighted by Gasteiger charge is -2.08. The van der Waals surface area contributed by atoms with E-state index in [-0.39, 0.29) is 12.6 Å². The van der Waals surface area contributed by atoms with Gasteiger partial charge in [-0.15, -0.1) is 0 Å². The molecule has 0 aliphatic heterocycles. The Morgan fingerprint density at radius 1 is 1.35 bits per heavy atom. The molecule has 0 saturated carbocycles. The summed E-state index contributed by atoms with van der Waals surface area (Å²) < 4.78 is 12.1. The number of carbonyl (C=O) groups excluding carboxylic acids is 1. The van der Waals surface area contributed by atoms with Crippen LogP contribution in [0, 0.1) is 0 Å². The Bertz CT molecular complexity index is 380. The molecule has 0 unspecified atom stereocenters. The predicted octanol–water partition coefficient (Wildman–Crippen LogP) is 3.93. The minimum atomic E-state index is -0.340. The Morgan fingerprint density at radius 3 is 2.76 bits per heavy atom. The average Bonchev–Trinajstić information content (AvgIpc) is 2.28. The molecule has 0 heterocycles. The summed E-state index contributed by atoms with van der Waals surface area (Å²) >= 11 is 6.70. The first-order valence-electron chi connectivity index (χ1n) is 5.37. The van der Waals surface area contributed by atoms with E-state index in [1.165, 1.54) is 0 Å². The van der Waals surface area contributed by atoms with E-state index in [1.807, 2.05) is 19.1 Å². The molecular formula is C12H14Br2O3. The van der Waals surface area contributed by atoms with Crippen LogP contribution in [0.1, 0.15) is 19.8 Å². The summed E-state index contributed by atoms with van der Waals surface area (Å²) in [6.45, 7) is 2.44. The number of hydrogen-bond donors (Lipinski definition) is 0. The van der Waals surface area contributed by atoms with E-state index < -0.39 is 0 Å². The number of unbranched alkanes of at least 4 members (excludes halogenated alkanes) is 1. The van der Waals surface area contributed by atoms with Gasteiger partial charge >= 0.3 is 5.97 Å². The highest BCUT2D eigenvalue weighted by atomic mass is 79.9. The molecule has 0 aliphatic rings. The smallest absolute Gasteiger partial charge is 0.344 e. The second kappa shape index (κ2) is 7.71. The molecule has 94 valence electrons. The molecule has 0 aromatic heterocycles. The Labute approximate surface area is 118 Å². The van der Waals surface area contributed by atoms with Crippen molar-refractivity contribution < 1.29 is 14.3 Å². The zero-order valence-corrected chi connectivity index (χ0v) is 12.7. The highest BCUT2D eigenvalue weighted by Crippen LogP contribution is 2.28. The van der Waals surface area contributed by atoms with Gasteiger partial charge in [-0.3, -0.25) is 0 Å². The molecule has 0 atom stereocenters. The van der Waals surface area contributed by atoms with Crippen molar-refractivity contribution in [3.8, 4) is 5.75 Å². The third kappa shape index (κ3) is 5.55. The van der Waals surface area contributed by atoms with Crippen molar-refractivity contribution in [2.24, 2.45) is 0 Å². The summed E-state index contributed by atoms with van der Waals surface area (Å²) in [5, 5.41) is 0. The molecule has 0 radical (unpaired) electrons. The van der Waals surface area contributed by atoms with Gasteiger partial charge in [0.15, 0.2) is 6.61 Å². The van der Waals surface area contributed by atoms with E-state index in [9.17, 15) is 4.79 Å². The highest BCUT2D eigenvalue weighted by Gasteiger charge is 2.06. The van der Waals surface area contributed by atoms with Crippen LogP contribution in [0.4, 0.5) is 0 Å². The van der Waals surface area contributed by atoms with Gasteiger partial charge in [-0.25, -0.2) is 4.79 Å². The predicted molar refractivity (Wildman–Crippen MR) is 73.2 cm³/mol. The quantitative estimate of drug-likeness (QED) is 0.565. The lowest BCUT2D eigenvalue weighted by atomic mass is 10.3. The van der Waals surface area contributed by atoms with Gasteiger partial charge < -0.3 is 9.47 Å². The van der Waals surface area contributed by atoms with Gasteiger partial charge in [0, 0.05) is 4.47 Å². The summed E-state index contributed by atoms with van der Waals surface area (Å²) in [5.74, 6) is 0.286. The molecule has 17 heavy (non-hydrogen) atoms. The number of esters is 1. The topological polar surface area (TPSA) is 35.5 Å². The minimum absolute atomic E-state index is 0.0655. The molecule has 5 heteroatoms. The maximum Gasteiger partial charge on any atom is 0.344 e. The van der Waals surface area contributed by atoms with Crippen molar-refractivity contribution in [2.75, 3.05) is 13.2 Å². The Kier molecular flexibility index (Phi) is 6.58. The van der Waals surface area contributed by atoms with Crippen LogP contribution in [0.5, 0.6) is 5.75 Å². The van der Waals surface area contributed by atoms with Gasteiger partial charge in [0.1, 0.15) is 5.75 Å². The second-order valence-electron chi connectivity index (χ2n) is 3.44. The molecule has 0 amide bonds. The van der Waals surface area contributed by atoms with Crippen molar-refractivity contribution in [3.63, 3.8) is 0 Å². The van der Waals surface area contributed by atoms with E-state index >= 15 is 0 Å². The third-order valence-electron chi connectivity index (χ3n) is 2.00. The maximum atomic E-state index is 11.3. The van der Waals surface area contributed by atoms with Crippen LogP contribution < -0.4 is 4.74 Å². The van der Waals surface area contributed by atoms with Gasteiger partial charge in [0.05, 0.1) is 11.1 Å². The van der Waals surface area contributed by atoms with E-state index in [0.29, 0.717) is 12.4 Å². The van der Waals surface area contributed by atoms with Crippen LogP contribution in [0.3, 0.4) is 0 Å². The van der Waals surface area contributed by atoms with Gasteiger partial charge in [-0.2, -0.15) is 0 Å². The van der Waals surface area contributed by atoms with Crippen molar-refractivity contribution in [1.29, 1.82) is 0 Å². The fourth-order valence-corrected chi connectivity index (χ4v) is 2.26. The third-order valence-corrected chi connectivity index (χ3v) is 3.11. The second-order valence-corrected chi connectivity index (χ2v) is 5.21. The van der Waals surface area contributed by atoms with Gasteiger partial charge in [-0.05, 0) is 40.5 Å². The van der Waals surface area contributed by atoms with Crippen LogP contribution in [0.15, 0.2) is 27.1 Å². The molecule has 0 aliphatic carbocycles. The first kappa shape index (κ1) is 14.5. The molecule has 0 spiro atoms. The van der Waals surface area contributed by atoms with E-state index in [4.69, 9.17) is 9.47 Å². The lowest BCUT2D eigenvalue weighted by molar-refractivity contribution is -0.146. The number of hydrogen-bond acceptors (Lipinski definition) is 3. The molecule has 1 aromatic carbocycles. The number of rotatable bonds is 6. The SMILES string of the molecule is CCCCOC(=O)COc1ccc(Br)cc1Br. The van der Waals surface area contributed by atoms with Crippen molar-refractivity contribution in [3.05, 3.63) is 27.1 Å². The molecule has 1 aromatic rings. The Hall–Kier alpha value is -0.550. The summed E-state index contributed by atoms with van der Waals surface area (Å²) in [6, 6.07) is 5.49. The number of carbonyl (C=O) groups is 1. The van der Waals surface area contributed by atoms with Gasteiger partial charge in [0.2, 0.25) is 0 Å². The first-order valence-corrected chi connectivity index (χ1v) is 6.95. The fraction of sp³-hybridized carbons (Fsp3) is 0.417. The average molecular weight is 366 g/mol. The summed E-state index contributed by atoms with van der Waals surface area (Å²) in [7, 11) is 0. The zero-order chi connectivity index (χ0) is 12.7. The molecule has 0 saturated heterocycles. The van der Waals surface area contributed by atoms with Crippen LogP contribution in [-0.2, 0) is 9.53 Å². The zero-order valence-electron chi connectivity index (χ0n) is 9.54. The van der Waals surface area contributed by atoms with Crippen molar-refractivity contribution >= 4 is 37.8 Å². The molecule has 0 bridgehead atoms. The minimum Gasteiger partial charge on any atom is -0.481 e. The Balaban J connectivity index is 2.37. The highest BCUT2D eigenvalue weighted by molar-refractivity contribution is 9.11. The molecule has 0 fully saturated rings.